The molecule has 4 rings (SSSR count). The van der Waals surface area contributed by atoms with Crippen molar-refractivity contribution >= 4 is 27.3 Å². The maximum atomic E-state index is 12.4. The van der Waals surface area contributed by atoms with Gasteiger partial charge in [0.15, 0.2) is 9.84 Å². The molecule has 7 nitrogen and oxygen atoms in total. The number of hydrogen-bond acceptors (Lipinski definition) is 6. The fourth-order valence-electron chi connectivity index (χ4n) is 5.50. The van der Waals surface area contributed by atoms with E-state index in [0.29, 0.717) is 11.4 Å². The van der Waals surface area contributed by atoms with Gasteiger partial charge in [-0.05, 0) is 24.5 Å². The zero-order valence-corrected chi connectivity index (χ0v) is 19.7. The van der Waals surface area contributed by atoms with E-state index in [4.69, 9.17) is 11.6 Å². The molecule has 1 aromatic carbocycles. The highest BCUT2D eigenvalue weighted by atomic mass is 35.5. The van der Waals surface area contributed by atoms with Crippen molar-refractivity contribution in [3.8, 4) is 0 Å². The summed E-state index contributed by atoms with van der Waals surface area (Å²) >= 11 is 6.71. The molecule has 2 unspecified atom stereocenters. The molecule has 0 bridgehead atoms. The molecule has 1 amide bonds. The van der Waals surface area contributed by atoms with Crippen LogP contribution in [0.5, 0.6) is 0 Å². The van der Waals surface area contributed by atoms with Crippen LogP contribution in [0.25, 0.3) is 0 Å². The maximum Gasteiger partial charge on any atom is 0.253 e. The molecule has 1 aliphatic carbocycles. The van der Waals surface area contributed by atoms with Gasteiger partial charge >= 0.3 is 0 Å². The summed E-state index contributed by atoms with van der Waals surface area (Å²) in [6.07, 6.45) is 8.04. The number of nitrogens with one attached hydrogen (secondary N) is 2. The molecule has 2 N–H and O–H groups in total. The third kappa shape index (κ3) is 4.93. The molecule has 9 heteroatoms. The van der Waals surface area contributed by atoms with Crippen LogP contribution < -0.4 is 10.9 Å². The van der Waals surface area contributed by atoms with E-state index in [1.807, 2.05) is 12.1 Å². The van der Waals surface area contributed by atoms with Crippen LogP contribution in [0.4, 0.5) is 0 Å². The van der Waals surface area contributed by atoms with Crippen LogP contribution >= 0.6 is 11.6 Å². The Morgan fingerprint density at radius 2 is 1.71 bits per heavy atom. The van der Waals surface area contributed by atoms with E-state index in [9.17, 15) is 13.2 Å². The van der Waals surface area contributed by atoms with Gasteiger partial charge in [-0.15, -0.1) is 11.6 Å². The quantitative estimate of drug-likeness (QED) is 0.657. The average molecular weight is 469 g/mol. The van der Waals surface area contributed by atoms with Gasteiger partial charge in [-0.25, -0.2) is 13.8 Å². The number of rotatable bonds is 4. The van der Waals surface area contributed by atoms with Crippen molar-refractivity contribution in [2.45, 2.75) is 66.9 Å². The van der Waals surface area contributed by atoms with Gasteiger partial charge in [-0.1, -0.05) is 43.9 Å². The summed E-state index contributed by atoms with van der Waals surface area (Å²) in [5, 5.41) is -0.572. The highest BCUT2D eigenvalue weighted by Crippen LogP contribution is 2.37. The number of carbonyl (C=O) groups is 1. The zero-order chi connectivity index (χ0) is 22.1. The number of alkyl halides is 1. The summed E-state index contributed by atoms with van der Waals surface area (Å²) in [6.45, 7) is 3.86. The Hall–Kier alpha value is -1.19. The van der Waals surface area contributed by atoms with E-state index < -0.39 is 15.2 Å². The number of nitrogens with zero attached hydrogens (tertiary/aromatic N) is 2. The Bertz CT molecular complexity index is 894. The smallest absolute Gasteiger partial charge is 0.253 e. The molecule has 172 valence electrons. The van der Waals surface area contributed by atoms with Crippen LogP contribution in [0.2, 0.25) is 0 Å². The Morgan fingerprint density at radius 1 is 1.06 bits per heavy atom. The first-order valence-electron chi connectivity index (χ1n) is 11.3. The molecule has 0 aromatic heterocycles. The minimum atomic E-state index is -3.25. The van der Waals surface area contributed by atoms with Crippen molar-refractivity contribution in [1.29, 1.82) is 0 Å². The number of carbonyl (C=O) groups excluding carboxylic acids is 1. The van der Waals surface area contributed by atoms with Gasteiger partial charge in [0, 0.05) is 39.0 Å². The summed E-state index contributed by atoms with van der Waals surface area (Å²) in [5.41, 5.74) is 6.87. The van der Waals surface area contributed by atoms with Crippen LogP contribution in [0.3, 0.4) is 0 Å². The van der Waals surface area contributed by atoms with Gasteiger partial charge in [0.05, 0.1) is 16.5 Å². The molecule has 3 fully saturated rings. The molecular weight excluding hydrogens is 436 g/mol. The van der Waals surface area contributed by atoms with Crippen molar-refractivity contribution in [2.24, 2.45) is 0 Å². The second kappa shape index (κ2) is 9.35. The topological polar surface area (TPSA) is 81.8 Å². The van der Waals surface area contributed by atoms with Crippen molar-refractivity contribution in [3.05, 3.63) is 29.8 Å². The molecule has 1 aromatic rings. The van der Waals surface area contributed by atoms with E-state index >= 15 is 0 Å². The predicted molar refractivity (Wildman–Crippen MR) is 122 cm³/mol. The van der Waals surface area contributed by atoms with E-state index in [0.717, 1.165) is 57.4 Å². The Kier molecular flexibility index (Phi) is 6.93. The molecule has 2 atom stereocenters. The Morgan fingerprint density at radius 3 is 2.35 bits per heavy atom. The van der Waals surface area contributed by atoms with Crippen LogP contribution in [0.15, 0.2) is 29.2 Å². The molecule has 0 radical (unpaired) electrons. The molecule has 2 saturated heterocycles. The first-order valence-corrected chi connectivity index (χ1v) is 13.6. The maximum absolute atomic E-state index is 12.4. The van der Waals surface area contributed by atoms with Crippen LogP contribution in [0, 0.1) is 0 Å². The normalized spacial score (nSPS) is 28.3. The zero-order valence-electron chi connectivity index (χ0n) is 18.1. The van der Waals surface area contributed by atoms with E-state index in [-0.39, 0.29) is 17.5 Å². The van der Waals surface area contributed by atoms with Crippen LogP contribution in [-0.4, -0.2) is 73.5 Å². The Balaban J connectivity index is 1.47. The number of halogens is 1. The molecular formula is C22H33ClN4O3S. The molecule has 3 aliphatic rings. The first kappa shape index (κ1) is 23.0. The third-order valence-electron chi connectivity index (χ3n) is 7.09. The highest BCUT2D eigenvalue weighted by Gasteiger charge is 2.51. The minimum absolute atomic E-state index is 0.0357. The summed E-state index contributed by atoms with van der Waals surface area (Å²) in [5.74, 6) is -0.147. The van der Waals surface area contributed by atoms with E-state index in [1.54, 1.807) is 12.1 Å². The van der Waals surface area contributed by atoms with Crippen LogP contribution in [-0.2, 0) is 21.2 Å². The average Bonchev–Trinajstić information content (AvgIpc) is 2.98. The molecule has 1 spiro atoms. The SMILES string of the molecule is CS(=O)(=O)c1ccccc1CN1CCN(C2C(Cl)C(=O)NNC23CCCCCC3)CC1. The lowest BCUT2D eigenvalue weighted by atomic mass is 9.78. The van der Waals surface area contributed by atoms with Gasteiger partial charge in [0.1, 0.15) is 5.38 Å². The van der Waals surface area contributed by atoms with E-state index in [1.165, 1.54) is 19.1 Å². The lowest BCUT2D eigenvalue weighted by molar-refractivity contribution is -0.129. The lowest BCUT2D eigenvalue weighted by Gasteiger charge is -2.52. The third-order valence-corrected chi connectivity index (χ3v) is 8.72. The van der Waals surface area contributed by atoms with Crippen molar-refractivity contribution in [2.75, 3.05) is 32.4 Å². The van der Waals surface area contributed by atoms with Gasteiger partial charge in [-0.2, -0.15) is 0 Å². The van der Waals surface area contributed by atoms with E-state index in [2.05, 4.69) is 20.7 Å². The predicted octanol–water partition coefficient (Wildman–Crippen LogP) is 1.91. The van der Waals surface area contributed by atoms with Gasteiger partial charge in [-0.3, -0.25) is 20.0 Å². The fourth-order valence-corrected chi connectivity index (χ4v) is 6.89. The number of piperazine rings is 1. The summed E-state index contributed by atoms with van der Waals surface area (Å²) in [7, 11) is -3.25. The van der Waals surface area contributed by atoms with Crippen molar-refractivity contribution in [1.82, 2.24) is 20.7 Å². The number of amides is 1. The van der Waals surface area contributed by atoms with Crippen molar-refractivity contribution in [3.63, 3.8) is 0 Å². The number of hydrogen-bond donors (Lipinski definition) is 2. The fraction of sp³-hybridized carbons (Fsp3) is 0.682. The number of sulfone groups is 1. The first-order chi connectivity index (χ1) is 14.8. The molecule has 31 heavy (non-hydrogen) atoms. The molecule has 2 aliphatic heterocycles. The summed E-state index contributed by atoms with van der Waals surface area (Å²) < 4.78 is 24.3. The number of benzene rings is 1. The largest absolute Gasteiger partial charge is 0.296 e. The monoisotopic (exact) mass is 468 g/mol. The van der Waals surface area contributed by atoms with Gasteiger partial charge < -0.3 is 0 Å². The second-order valence-corrected chi connectivity index (χ2v) is 11.7. The van der Waals surface area contributed by atoms with Gasteiger partial charge in [0.25, 0.3) is 5.91 Å². The molecule has 1 saturated carbocycles. The number of hydrazine groups is 1. The standard InChI is InChI=1S/C22H33ClN4O3S/c1-31(29,30)18-9-5-4-8-17(18)16-26-12-14-27(15-13-26)20-19(23)21(28)24-25-22(20)10-6-2-3-7-11-22/h4-5,8-9,19-20,25H,2-3,6-7,10-16H2,1H3,(H,24,28). The van der Waals surface area contributed by atoms with Gasteiger partial charge in [0.2, 0.25) is 0 Å². The second-order valence-electron chi connectivity index (χ2n) is 9.22. The lowest BCUT2D eigenvalue weighted by Crippen LogP contribution is -2.75. The Labute approximate surface area is 190 Å². The van der Waals surface area contributed by atoms with Crippen molar-refractivity contribution < 1.29 is 13.2 Å². The minimum Gasteiger partial charge on any atom is -0.296 e. The highest BCUT2D eigenvalue weighted by molar-refractivity contribution is 7.90. The summed E-state index contributed by atoms with van der Waals surface area (Å²) in [4.78, 5) is 17.5. The van der Waals surface area contributed by atoms with Crippen LogP contribution in [0.1, 0.15) is 44.1 Å². The molecule has 2 heterocycles. The summed E-state index contributed by atoms with van der Waals surface area (Å²) in [6, 6.07) is 7.20.